The molecule has 1 rings (SSSR count). The lowest BCUT2D eigenvalue weighted by molar-refractivity contribution is -0.121. The third-order valence-electron chi connectivity index (χ3n) is 3.38. The molecule has 3 N–H and O–H groups in total. The van der Waals surface area contributed by atoms with Gasteiger partial charge in [0.05, 0.1) is 0 Å². The Morgan fingerprint density at radius 3 is 2.45 bits per heavy atom. The fourth-order valence-electron chi connectivity index (χ4n) is 2.47. The fourth-order valence-corrected chi connectivity index (χ4v) is 2.47. The zero-order valence-corrected chi connectivity index (χ0v) is 14.7. The molecule has 1 heterocycles. The normalized spacial score (nSPS) is 16.6. The number of carbonyl (C=O) groups excluding carboxylic acids is 1. The third-order valence-corrected chi connectivity index (χ3v) is 3.38. The van der Waals surface area contributed by atoms with Gasteiger partial charge in [-0.1, -0.05) is 0 Å². The number of hydrogen-bond donors (Lipinski definition) is 3. The van der Waals surface area contributed by atoms with Crippen LogP contribution in [0.15, 0.2) is 4.99 Å². The molecule has 0 aromatic carbocycles. The van der Waals surface area contributed by atoms with Gasteiger partial charge in [0.2, 0.25) is 5.91 Å². The smallest absolute Gasteiger partial charge is 0.242 e. The van der Waals surface area contributed by atoms with Gasteiger partial charge in [0, 0.05) is 18.6 Å². The lowest BCUT2D eigenvalue weighted by atomic mass is 10.1. The van der Waals surface area contributed by atoms with Gasteiger partial charge in [0.15, 0.2) is 5.96 Å². The highest BCUT2D eigenvalue weighted by Crippen LogP contribution is 2.06. The van der Waals surface area contributed by atoms with E-state index in [1.54, 1.807) is 0 Å². The molecule has 128 valence electrons. The van der Waals surface area contributed by atoms with E-state index in [1.165, 1.54) is 25.9 Å². The van der Waals surface area contributed by atoms with Crippen LogP contribution < -0.4 is 16.0 Å². The molecule has 1 fully saturated rings. The van der Waals surface area contributed by atoms with Gasteiger partial charge in [-0.15, -0.1) is 0 Å². The number of guanidine groups is 1. The van der Waals surface area contributed by atoms with Gasteiger partial charge >= 0.3 is 0 Å². The predicted octanol–water partition coefficient (Wildman–Crippen LogP) is 0.942. The lowest BCUT2D eigenvalue weighted by Crippen LogP contribution is -2.43. The Bertz CT molecular complexity index is 356. The van der Waals surface area contributed by atoms with Crippen LogP contribution in [0.1, 0.15) is 47.0 Å². The summed E-state index contributed by atoms with van der Waals surface area (Å²) in [6.45, 7) is 13.4. The largest absolute Gasteiger partial charge is 0.357 e. The summed E-state index contributed by atoms with van der Waals surface area (Å²) in [7, 11) is 0. The summed E-state index contributed by atoms with van der Waals surface area (Å²) in [6, 6.07) is 0. The summed E-state index contributed by atoms with van der Waals surface area (Å²) < 4.78 is 0. The highest BCUT2D eigenvalue weighted by atomic mass is 16.2. The Hall–Kier alpha value is -1.30. The summed E-state index contributed by atoms with van der Waals surface area (Å²) in [4.78, 5) is 18.6. The van der Waals surface area contributed by atoms with E-state index < -0.39 is 0 Å². The molecule has 0 atom stereocenters. The average molecular weight is 311 g/mol. The van der Waals surface area contributed by atoms with E-state index in [1.807, 2.05) is 27.7 Å². The van der Waals surface area contributed by atoms with Crippen LogP contribution in [0.4, 0.5) is 0 Å². The summed E-state index contributed by atoms with van der Waals surface area (Å²) in [5, 5.41) is 9.38. The van der Waals surface area contributed by atoms with Crippen molar-refractivity contribution < 1.29 is 4.79 Å². The number of aliphatic imine (C=N–C) groups is 1. The highest BCUT2D eigenvalue weighted by Gasteiger charge is 2.13. The van der Waals surface area contributed by atoms with Crippen LogP contribution in [0, 0.1) is 0 Å². The Morgan fingerprint density at radius 2 is 1.86 bits per heavy atom. The van der Waals surface area contributed by atoms with E-state index in [0.29, 0.717) is 5.96 Å². The molecule has 6 heteroatoms. The number of likely N-dealkylation sites (tertiary alicyclic amines) is 1. The van der Waals surface area contributed by atoms with Gasteiger partial charge < -0.3 is 20.9 Å². The van der Waals surface area contributed by atoms with Crippen molar-refractivity contribution in [3.05, 3.63) is 0 Å². The van der Waals surface area contributed by atoms with E-state index in [4.69, 9.17) is 0 Å². The maximum absolute atomic E-state index is 11.8. The first kappa shape index (κ1) is 18.7. The minimum Gasteiger partial charge on any atom is -0.357 e. The standard InChI is InChI=1S/C16H33N5O/c1-5-17-15(19-13-14(22)20-16(2,3)4)18-9-8-12-21-10-6-7-11-21/h5-13H2,1-4H3,(H,20,22)(H2,17,18,19). The molecule has 1 aliphatic rings. The van der Waals surface area contributed by atoms with Gasteiger partial charge in [-0.2, -0.15) is 0 Å². The van der Waals surface area contributed by atoms with Gasteiger partial charge in [0.1, 0.15) is 6.54 Å². The Kier molecular flexibility index (Phi) is 8.24. The molecule has 6 nitrogen and oxygen atoms in total. The predicted molar refractivity (Wildman–Crippen MR) is 92.2 cm³/mol. The molecule has 0 aliphatic carbocycles. The topological polar surface area (TPSA) is 68.8 Å². The fraction of sp³-hybridized carbons (Fsp3) is 0.875. The van der Waals surface area contributed by atoms with Crippen molar-refractivity contribution in [3.8, 4) is 0 Å². The van der Waals surface area contributed by atoms with Crippen LogP contribution in [0.2, 0.25) is 0 Å². The molecular formula is C16H33N5O. The molecule has 0 saturated carbocycles. The lowest BCUT2D eigenvalue weighted by Gasteiger charge is -2.20. The second-order valence-corrected chi connectivity index (χ2v) is 6.82. The first-order valence-corrected chi connectivity index (χ1v) is 8.46. The van der Waals surface area contributed by atoms with Gasteiger partial charge in [-0.25, -0.2) is 4.99 Å². The minimum atomic E-state index is -0.214. The second kappa shape index (κ2) is 9.66. The quantitative estimate of drug-likeness (QED) is 0.372. The van der Waals surface area contributed by atoms with Crippen molar-refractivity contribution in [1.82, 2.24) is 20.9 Å². The molecule has 1 amide bonds. The molecule has 0 spiro atoms. The number of carbonyl (C=O) groups is 1. The molecule has 0 unspecified atom stereocenters. The van der Waals surface area contributed by atoms with E-state index in [2.05, 4.69) is 25.8 Å². The molecule has 0 aromatic heterocycles. The zero-order valence-electron chi connectivity index (χ0n) is 14.7. The molecule has 0 radical (unpaired) electrons. The maximum atomic E-state index is 11.8. The van der Waals surface area contributed by atoms with E-state index >= 15 is 0 Å². The molecule has 0 aromatic rings. The van der Waals surface area contributed by atoms with E-state index in [0.717, 1.165) is 26.1 Å². The molecule has 1 saturated heterocycles. The minimum absolute atomic E-state index is 0.0539. The monoisotopic (exact) mass is 311 g/mol. The number of hydrogen-bond acceptors (Lipinski definition) is 3. The van der Waals surface area contributed by atoms with Crippen molar-refractivity contribution in [2.24, 2.45) is 4.99 Å². The second-order valence-electron chi connectivity index (χ2n) is 6.82. The maximum Gasteiger partial charge on any atom is 0.242 e. The van der Waals surface area contributed by atoms with Crippen LogP contribution in [0.25, 0.3) is 0 Å². The number of rotatable bonds is 7. The van der Waals surface area contributed by atoms with E-state index in [9.17, 15) is 4.79 Å². The Labute approximate surface area is 135 Å². The summed E-state index contributed by atoms with van der Waals surface area (Å²) in [6.07, 6.45) is 3.76. The van der Waals surface area contributed by atoms with Crippen LogP contribution in [0.5, 0.6) is 0 Å². The number of nitrogens with zero attached hydrogens (tertiary/aromatic N) is 2. The summed E-state index contributed by atoms with van der Waals surface area (Å²) >= 11 is 0. The number of amides is 1. The van der Waals surface area contributed by atoms with Gasteiger partial charge in [0.25, 0.3) is 0 Å². The van der Waals surface area contributed by atoms with Gasteiger partial charge in [-0.3, -0.25) is 4.79 Å². The highest BCUT2D eigenvalue weighted by molar-refractivity contribution is 5.85. The third kappa shape index (κ3) is 8.87. The van der Waals surface area contributed by atoms with Crippen LogP contribution in [-0.4, -0.2) is 61.6 Å². The SMILES string of the molecule is CCNC(=NCC(=O)NC(C)(C)C)NCCCN1CCCC1. The molecular weight excluding hydrogens is 278 g/mol. The van der Waals surface area contributed by atoms with E-state index in [-0.39, 0.29) is 18.0 Å². The Balaban J connectivity index is 2.27. The summed E-state index contributed by atoms with van der Waals surface area (Å²) in [5.74, 6) is 0.662. The average Bonchev–Trinajstić information content (AvgIpc) is 2.92. The molecule has 1 aliphatic heterocycles. The van der Waals surface area contributed by atoms with Crippen LogP contribution in [-0.2, 0) is 4.79 Å². The molecule has 0 bridgehead atoms. The van der Waals surface area contributed by atoms with Crippen LogP contribution >= 0.6 is 0 Å². The zero-order chi connectivity index (χ0) is 16.4. The first-order chi connectivity index (χ1) is 10.4. The Morgan fingerprint density at radius 1 is 1.18 bits per heavy atom. The molecule has 22 heavy (non-hydrogen) atoms. The van der Waals surface area contributed by atoms with Crippen molar-refractivity contribution in [2.75, 3.05) is 39.3 Å². The number of nitrogens with one attached hydrogen (secondary N) is 3. The summed E-state index contributed by atoms with van der Waals surface area (Å²) in [5.41, 5.74) is -0.214. The van der Waals surface area contributed by atoms with Crippen LogP contribution in [0.3, 0.4) is 0 Å². The van der Waals surface area contributed by atoms with Crippen molar-refractivity contribution in [3.63, 3.8) is 0 Å². The van der Waals surface area contributed by atoms with Gasteiger partial charge in [-0.05, 0) is 66.6 Å². The van der Waals surface area contributed by atoms with Crippen molar-refractivity contribution in [1.29, 1.82) is 0 Å². The first-order valence-electron chi connectivity index (χ1n) is 8.46. The van der Waals surface area contributed by atoms with Crippen molar-refractivity contribution >= 4 is 11.9 Å². The van der Waals surface area contributed by atoms with Crippen molar-refractivity contribution in [2.45, 2.75) is 52.5 Å².